The molecular weight excluding hydrogens is 354 g/mol. The lowest BCUT2D eigenvalue weighted by atomic mass is 9.84. The minimum atomic E-state index is 0.142. The molecule has 0 saturated heterocycles. The number of hydrogen-bond donors (Lipinski definition) is 0. The van der Waals surface area contributed by atoms with Crippen molar-refractivity contribution in [3.63, 3.8) is 0 Å². The van der Waals surface area contributed by atoms with Crippen LogP contribution in [-0.2, 0) is 17.9 Å². The fourth-order valence-corrected chi connectivity index (χ4v) is 3.79. The Morgan fingerprint density at radius 1 is 1.11 bits per heavy atom. The molecule has 0 N–H and O–H groups in total. The van der Waals surface area contributed by atoms with Gasteiger partial charge < -0.3 is 18.8 Å². The summed E-state index contributed by atoms with van der Waals surface area (Å²) in [4.78, 5) is 15.0. The van der Waals surface area contributed by atoms with E-state index in [-0.39, 0.29) is 18.1 Å². The summed E-state index contributed by atoms with van der Waals surface area (Å²) in [7, 11) is 0. The van der Waals surface area contributed by atoms with E-state index in [0.717, 1.165) is 35.0 Å². The first kappa shape index (κ1) is 20.3. The molecule has 2 heterocycles. The second kappa shape index (κ2) is 8.29. The Kier molecular flexibility index (Phi) is 6.01. The molecule has 0 aliphatic carbocycles. The molecule has 2 aromatic rings. The number of nitrogens with zero attached hydrogens (tertiary/aromatic N) is 1. The predicted molar refractivity (Wildman–Crippen MR) is 108 cm³/mol. The van der Waals surface area contributed by atoms with Gasteiger partial charge >= 0.3 is 0 Å². The molecule has 152 valence electrons. The zero-order valence-corrected chi connectivity index (χ0v) is 17.6. The van der Waals surface area contributed by atoms with Crippen molar-refractivity contribution >= 4 is 5.91 Å². The van der Waals surface area contributed by atoms with Crippen LogP contribution in [0.5, 0.6) is 11.5 Å². The average molecular weight is 386 g/mol. The topological polar surface area (TPSA) is 51.9 Å². The quantitative estimate of drug-likeness (QED) is 0.648. The molecule has 1 aliphatic heterocycles. The van der Waals surface area contributed by atoms with Crippen LogP contribution in [0.1, 0.15) is 57.6 Å². The highest BCUT2D eigenvalue weighted by Gasteiger charge is 2.23. The number of carbonyl (C=O) groups is 1. The maximum Gasteiger partial charge on any atom is 0.231 e. The van der Waals surface area contributed by atoms with Gasteiger partial charge in [-0.05, 0) is 54.5 Å². The van der Waals surface area contributed by atoms with E-state index in [4.69, 9.17) is 13.9 Å². The van der Waals surface area contributed by atoms with Crippen molar-refractivity contribution in [2.24, 2.45) is 11.3 Å². The highest BCUT2D eigenvalue weighted by molar-refractivity contribution is 5.76. The summed E-state index contributed by atoms with van der Waals surface area (Å²) in [6, 6.07) is 9.71. The van der Waals surface area contributed by atoms with Crippen molar-refractivity contribution in [3.05, 3.63) is 47.4 Å². The molecule has 1 aromatic heterocycles. The van der Waals surface area contributed by atoms with Crippen molar-refractivity contribution in [1.82, 2.24) is 4.90 Å². The lowest BCUT2D eigenvalue weighted by Gasteiger charge is -2.27. The van der Waals surface area contributed by atoms with Crippen LogP contribution in [0.2, 0.25) is 0 Å². The smallest absolute Gasteiger partial charge is 0.231 e. The van der Waals surface area contributed by atoms with Gasteiger partial charge in [0.15, 0.2) is 11.5 Å². The van der Waals surface area contributed by atoms with Gasteiger partial charge in [-0.2, -0.15) is 0 Å². The number of carbonyl (C=O) groups excluding carboxylic acids is 1. The van der Waals surface area contributed by atoms with Crippen LogP contribution in [0.3, 0.4) is 0 Å². The first-order valence-corrected chi connectivity index (χ1v) is 9.91. The third-order valence-corrected chi connectivity index (χ3v) is 4.79. The minimum absolute atomic E-state index is 0.142. The number of aryl methyl sites for hydroxylation is 1. The fraction of sp³-hybridized carbons (Fsp3) is 0.522. The zero-order valence-electron chi connectivity index (χ0n) is 17.6. The third-order valence-electron chi connectivity index (χ3n) is 4.79. The number of hydrogen-bond acceptors (Lipinski definition) is 4. The summed E-state index contributed by atoms with van der Waals surface area (Å²) < 4.78 is 16.6. The molecule has 1 atom stereocenters. The minimum Gasteiger partial charge on any atom is -0.464 e. The van der Waals surface area contributed by atoms with E-state index in [1.807, 2.05) is 42.2 Å². The van der Waals surface area contributed by atoms with Gasteiger partial charge in [0.1, 0.15) is 11.5 Å². The maximum atomic E-state index is 13.1. The largest absolute Gasteiger partial charge is 0.464 e. The molecular formula is C23H31NO4. The van der Waals surface area contributed by atoms with Crippen LogP contribution in [0.4, 0.5) is 0 Å². The molecule has 0 bridgehead atoms. The van der Waals surface area contributed by atoms with E-state index in [2.05, 4.69) is 27.7 Å². The summed E-state index contributed by atoms with van der Waals surface area (Å²) in [6.07, 6.45) is 1.54. The Morgan fingerprint density at radius 2 is 1.86 bits per heavy atom. The van der Waals surface area contributed by atoms with Gasteiger partial charge in [-0.3, -0.25) is 4.79 Å². The average Bonchev–Trinajstić information content (AvgIpc) is 3.20. The molecule has 0 saturated carbocycles. The van der Waals surface area contributed by atoms with Gasteiger partial charge in [0.05, 0.1) is 6.54 Å². The standard InChI is InChI=1S/C23H31NO4/c1-16(12-23(3,4)5)10-22(25)24(14-19-8-6-17(2)28-19)13-18-7-9-20-21(11-18)27-15-26-20/h6-9,11,16H,10,12-15H2,1-5H3/t16-/m1/s1. The van der Waals surface area contributed by atoms with Gasteiger partial charge in [-0.25, -0.2) is 0 Å². The molecule has 0 radical (unpaired) electrons. The number of benzene rings is 1. The summed E-state index contributed by atoms with van der Waals surface area (Å²) in [6.45, 7) is 11.9. The SMILES string of the molecule is Cc1ccc(CN(Cc2ccc3c(c2)OCO3)C(=O)C[C@@H](C)CC(C)(C)C)o1. The van der Waals surface area contributed by atoms with Gasteiger partial charge in [0, 0.05) is 13.0 Å². The molecule has 0 fully saturated rings. The van der Waals surface area contributed by atoms with Gasteiger partial charge in [-0.15, -0.1) is 0 Å². The number of furan rings is 1. The van der Waals surface area contributed by atoms with Crippen LogP contribution >= 0.6 is 0 Å². The van der Waals surface area contributed by atoms with E-state index >= 15 is 0 Å². The number of rotatable bonds is 7. The Labute approximate surface area is 167 Å². The molecule has 1 amide bonds. The Balaban J connectivity index is 1.73. The first-order chi connectivity index (χ1) is 13.2. The molecule has 5 nitrogen and oxygen atoms in total. The van der Waals surface area contributed by atoms with E-state index in [0.29, 0.717) is 25.4 Å². The Morgan fingerprint density at radius 3 is 2.54 bits per heavy atom. The van der Waals surface area contributed by atoms with Crippen molar-refractivity contribution in [2.75, 3.05) is 6.79 Å². The zero-order chi connectivity index (χ0) is 20.3. The van der Waals surface area contributed by atoms with Crippen molar-refractivity contribution in [2.45, 2.75) is 60.5 Å². The highest BCUT2D eigenvalue weighted by atomic mass is 16.7. The van der Waals surface area contributed by atoms with Crippen molar-refractivity contribution < 1.29 is 18.7 Å². The van der Waals surface area contributed by atoms with Crippen LogP contribution in [-0.4, -0.2) is 17.6 Å². The summed E-state index contributed by atoms with van der Waals surface area (Å²) in [5.74, 6) is 3.61. The van der Waals surface area contributed by atoms with Crippen LogP contribution in [0.15, 0.2) is 34.7 Å². The number of ether oxygens (including phenoxy) is 2. The molecule has 1 aliphatic rings. The normalized spacial score (nSPS) is 14.2. The molecule has 1 aromatic carbocycles. The van der Waals surface area contributed by atoms with E-state index in [1.165, 1.54) is 0 Å². The molecule has 0 spiro atoms. The molecule has 28 heavy (non-hydrogen) atoms. The Bertz CT molecular complexity index is 818. The monoisotopic (exact) mass is 385 g/mol. The van der Waals surface area contributed by atoms with E-state index in [1.54, 1.807) is 0 Å². The van der Waals surface area contributed by atoms with Gasteiger partial charge in [0.2, 0.25) is 12.7 Å². The van der Waals surface area contributed by atoms with Gasteiger partial charge in [-0.1, -0.05) is 33.8 Å². The Hall–Kier alpha value is -2.43. The fourth-order valence-electron chi connectivity index (χ4n) is 3.79. The predicted octanol–water partition coefficient (Wildman–Crippen LogP) is 5.31. The van der Waals surface area contributed by atoms with Crippen molar-refractivity contribution in [3.8, 4) is 11.5 Å². The molecule has 5 heteroatoms. The summed E-state index contributed by atoms with van der Waals surface area (Å²) in [5.41, 5.74) is 1.23. The van der Waals surface area contributed by atoms with Crippen LogP contribution in [0, 0.1) is 18.3 Å². The summed E-state index contributed by atoms with van der Waals surface area (Å²) in [5, 5.41) is 0. The third kappa shape index (κ3) is 5.54. The van der Waals surface area contributed by atoms with Gasteiger partial charge in [0.25, 0.3) is 0 Å². The van der Waals surface area contributed by atoms with Crippen LogP contribution in [0.25, 0.3) is 0 Å². The first-order valence-electron chi connectivity index (χ1n) is 9.91. The van der Waals surface area contributed by atoms with E-state index in [9.17, 15) is 4.79 Å². The van der Waals surface area contributed by atoms with Crippen molar-refractivity contribution in [1.29, 1.82) is 0 Å². The van der Waals surface area contributed by atoms with E-state index < -0.39 is 0 Å². The number of amides is 1. The summed E-state index contributed by atoms with van der Waals surface area (Å²) >= 11 is 0. The highest BCUT2D eigenvalue weighted by Crippen LogP contribution is 2.33. The molecule has 0 unspecified atom stereocenters. The lowest BCUT2D eigenvalue weighted by molar-refractivity contribution is -0.133. The molecule has 3 rings (SSSR count). The lowest BCUT2D eigenvalue weighted by Crippen LogP contribution is -2.31. The second-order valence-electron chi connectivity index (χ2n) is 9.02. The second-order valence-corrected chi connectivity index (χ2v) is 9.02. The maximum absolute atomic E-state index is 13.1. The number of fused-ring (bicyclic) bond motifs is 1. The van der Waals surface area contributed by atoms with Crippen LogP contribution < -0.4 is 9.47 Å².